The molecule has 0 radical (unpaired) electrons. The molecule has 0 saturated carbocycles. The fraction of sp³-hybridized carbons (Fsp3) is 0. The summed E-state index contributed by atoms with van der Waals surface area (Å²) in [6.07, 6.45) is 0. The van der Waals surface area contributed by atoms with E-state index in [1.165, 1.54) is 0 Å². The van der Waals surface area contributed by atoms with Gasteiger partial charge in [-0.05, 0) is 48.5 Å². The molecule has 2 rings (SSSR count). The molecule has 0 N–H and O–H groups in total. The summed E-state index contributed by atoms with van der Waals surface area (Å²) in [5.74, 6) is 0. The van der Waals surface area contributed by atoms with Crippen LogP contribution in [0.5, 0.6) is 0 Å². The average Bonchev–Trinajstić information content (AvgIpc) is 2.30. The van der Waals surface area contributed by atoms with Crippen LogP contribution in [0, 0.1) is 0 Å². The summed E-state index contributed by atoms with van der Waals surface area (Å²) in [6, 6.07) is 14.7. The zero-order chi connectivity index (χ0) is 11.5. The molecule has 0 saturated heterocycles. The smallest absolute Gasteiger partial charge is 0.0849 e. The number of hydrogen-bond acceptors (Lipinski definition) is 3. The molecule has 0 aromatic heterocycles. The lowest BCUT2D eigenvalue weighted by Gasteiger charge is -2.02. The van der Waals surface area contributed by atoms with Gasteiger partial charge in [0, 0.05) is 19.6 Å². The molecule has 0 unspecified atom stereocenters. The van der Waals surface area contributed by atoms with Crippen molar-refractivity contribution in [2.75, 3.05) is 0 Å². The van der Waals surface area contributed by atoms with Gasteiger partial charge in [-0.15, -0.1) is 25.3 Å². The molecule has 0 aliphatic heterocycles. The Bertz CT molecular complexity index is 455. The minimum atomic E-state index is -1.13. The van der Waals surface area contributed by atoms with Crippen molar-refractivity contribution in [3.05, 3.63) is 48.5 Å². The summed E-state index contributed by atoms with van der Waals surface area (Å²) in [7, 11) is -1.13. The van der Waals surface area contributed by atoms with E-state index in [-0.39, 0.29) is 0 Å². The lowest BCUT2D eigenvalue weighted by molar-refractivity contribution is 0.683. The van der Waals surface area contributed by atoms with Crippen molar-refractivity contribution in [3.8, 4) is 0 Å². The summed E-state index contributed by atoms with van der Waals surface area (Å²) in [5.41, 5.74) is 0. The Balaban J connectivity index is 2.32. The van der Waals surface area contributed by atoms with Gasteiger partial charge in [0.25, 0.3) is 0 Å². The van der Waals surface area contributed by atoms with Gasteiger partial charge in [-0.2, -0.15) is 0 Å². The molecule has 16 heavy (non-hydrogen) atoms. The summed E-state index contributed by atoms with van der Waals surface area (Å²) in [4.78, 5) is 3.30. The highest BCUT2D eigenvalue weighted by Crippen LogP contribution is 2.19. The maximum atomic E-state index is 12.1. The first-order chi connectivity index (χ1) is 7.66. The zero-order valence-corrected chi connectivity index (χ0v) is 10.9. The topological polar surface area (TPSA) is 17.1 Å². The first-order valence-corrected chi connectivity index (χ1v) is 6.71. The molecule has 0 heterocycles. The summed E-state index contributed by atoms with van der Waals surface area (Å²) in [5, 5.41) is 0. The summed E-state index contributed by atoms with van der Waals surface area (Å²) < 4.78 is 12.1. The number of benzene rings is 2. The second-order valence-electron chi connectivity index (χ2n) is 3.26. The third-order valence-electron chi connectivity index (χ3n) is 2.10. The Morgan fingerprint density at radius 1 is 0.688 bits per heavy atom. The fourth-order valence-corrected chi connectivity index (χ4v) is 2.61. The van der Waals surface area contributed by atoms with E-state index in [9.17, 15) is 4.21 Å². The van der Waals surface area contributed by atoms with Gasteiger partial charge in [0.1, 0.15) is 0 Å². The van der Waals surface area contributed by atoms with Crippen LogP contribution >= 0.6 is 25.3 Å². The van der Waals surface area contributed by atoms with E-state index >= 15 is 0 Å². The predicted molar refractivity (Wildman–Crippen MR) is 72.1 cm³/mol. The Labute approximate surface area is 108 Å². The van der Waals surface area contributed by atoms with E-state index in [0.29, 0.717) is 0 Å². The molecule has 0 amide bonds. The van der Waals surface area contributed by atoms with Gasteiger partial charge in [-0.3, -0.25) is 0 Å². The van der Waals surface area contributed by atoms with Crippen molar-refractivity contribution in [1.29, 1.82) is 0 Å². The van der Waals surface area contributed by atoms with Crippen LogP contribution in [-0.2, 0) is 10.8 Å². The Hall–Kier alpha value is -0.710. The molecule has 0 spiro atoms. The van der Waals surface area contributed by atoms with Crippen LogP contribution in [0.2, 0.25) is 0 Å². The molecular weight excluding hydrogens is 256 g/mol. The predicted octanol–water partition coefficient (Wildman–Crippen LogP) is 3.43. The fourth-order valence-electron chi connectivity index (χ4n) is 1.28. The van der Waals surface area contributed by atoms with Crippen LogP contribution < -0.4 is 0 Å². The Morgan fingerprint density at radius 3 is 1.31 bits per heavy atom. The lowest BCUT2D eigenvalue weighted by Crippen LogP contribution is -1.92. The summed E-state index contributed by atoms with van der Waals surface area (Å²) in [6.45, 7) is 0. The van der Waals surface area contributed by atoms with Gasteiger partial charge < -0.3 is 0 Å². The van der Waals surface area contributed by atoms with Gasteiger partial charge >= 0.3 is 0 Å². The first kappa shape index (κ1) is 11.8. The third-order valence-corrected chi connectivity index (χ3v) is 4.10. The van der Waals surface area contributed by atoms with Gasteiger partial charge in [-0.25, -0.2) is 4.21 Å². The number of hydrogen-bond donors (Lipinski definition) is 2. The molecule has 1 nitrogen and oxygen atoms in total. The minimum absolute atomic E-state index is 0.782. The highest BCUT2D eigenvalue weighted by molar-refractivity contribution is 7.85. The largest absolute Gasteiger partial charge is 0.249 e. The molecular formula is C12H10OS3. The van der Waals surface area contributed by atoms with Gasteiger partial charge in [0.15, 0.2) is 0 Å². The lowest BCUT2D eigenvalue weighted by atomic mass is 10.4. The zero-order valence-electron chi connectivity index (χ0n) is 8.33. The quantitative estimate of drug-likeness (QED) is 0.796. The molecule has 0 aliphatic rings. The standard InChI is InChI=1S/C12H10OS3/c13-16(11-5-1-9(14)2-6-11)12-7-3-10(15)4-8-12/h1-8,14-15H. The van der Waals surface area contributed by atoms with Crippen LogP contribution in [0.15, 0.2) is 68.1 Å². The van der Waals surface area contributed by atoms with Crippen molar-refractivity contribution >= 4 is 36.1 Å². The van der Waals surface area contributed by atoms with Gasteiger partial charge in [0.05, 0.1) is 10.8 Å². The number of thiol groups is 2. The Kier molecular flexibility index (Phi) is 3.74. The molecule has 82 valence electrons. The minimum Gasteiger partial charge on any atom is -0.249 e. The van der Waals surface area contributed by atoms with Crippen molar-refractivity contribution in [2.24, 2.45) is 0 Å². The van der Waals surface area contributed by atoms with Crippen molar-refractivity contribution in [1.82, 2.24) is 0 Å². The van der Waals surface area contributed by atoms with E-state index in [4.69, 9.17) is 0 Å². The van der Waals surface area contributed by atoms with E-state index in [1.54, 1.807) is 0 Å². The monoisotopic (exact) mass is 266 g/mol. The second-order valence-corrected chi connectivity index (χ2v) is 5.77. The normalized spacial score (nSPS) is 10.7. The van der Waals surface area contributed by atoms with Crippen molar-refractivity contribution < 1.29 is 4.21 Å². The molecule has 4 heteroatoms. The summed E-state index contributed by atoms with van der Waals surface area (Å²) >= 11 is 8.38. The van der Waals surface area contributed by atoms with Gasteiger partial charge in [0.2, 0.25) is 0 Å². The second kappa shape index (κ2) is 5.08. The molecule has 0 atom stereocenters. The molecule has 0 fully saturated rings. The van der Waals surface area contributed by atoms with E-state index in [0.717, 1.165) is 19.6 Å². The van der Waals surface area contributed by atoms with E-state index < -0.39 is 10.8 Å². The molecule has 2 aromatic carbocycles. The van der Waals surface area contributed by atoms with Crippen LogP contribution in [0.3, 0.4) is 0 Å². The molecule has 2 aromatic rings. The maximum Gasteiger partial charge on any atom is 0.0849 e. The first-order valence-electron chi connectivity index (χ1n) is 4.66. The third kappa shape index (κ3) is 2.70. The maximum absolute atomic E-state index is 12.1. The highest BCUT2D eigenvalue weighted by Gasteiger charge is 2.06. The van der Waals surface area contributed by atoms with Crippen LogP contribution in [0.1, 0.15) is 0 Å². The van der Waals surface area contributed by atoms with Gasteiger partial charge in [-0.1, -0.05) is 0 Å². The highest BCUT2D eigenvalue weighted by atomic mass is 32.2. The Morgan fingerprint density at radius 2 is 1.00 bits per heavy atom. The van der Waals surface area contributed by atoms with Crippen LogP contribution in [-0.4, -0.2) is 4.21 Å². The van der Waals surface area contributed by atoms with Crippen LogP contribution in [0.25, 0.3) is 0 Å². The molecule has 0 aliphatic carbocycles. The SMILES string of the molecule is O=S(c1ccc(S)cc1)c1ccc(S)cc1. The average molecular weight is 266 g/mol. The van der Waals surface area contributed by atoms with Crippen molar-refractivity contribution in [2.45, 2.75) is 19.6 Å². The van der Waals surface area contributed by atoms with E-state index in [2.05, 4.69) is 25.3 Å². The van der Waals surface area contributed by atoms with Crippen LogP contribution in [0.4, 0.5) is 0 Å². The van der Waals surface area contributed by atoms with E-state index in [1.807, 2.05) is 48.5 Å². The number of rotatable bonds is 2. The van der Waals surface area contributed by atoms with Crippen molar-refractivity contribution in [3.63, 3.8) is 0 Å². The molecule has 0 bridgehead atoms.